The maximum atomic E-state index is 6.00. The highest BCUT2D eigenvalue weighted by Gasteiger charge is 2.10. The molecule has 16 heavy (non-hydrogen) atoms. The van der Waals surface area contributed by atoms with Gasteiger partial charge in [-0.25, -0.2) is 4.68 Å². The molecule has 0 aliphatic heterocycles. The average Bonchev–Trinajstić information content (AvgIpc) is 2.55. The Kier molecular flexibility index (Phi) is 2.81. The van der Waals surface area contributed by atoms with Gasteiger partial charge in [-0.15, -0.1) is 0 Å². The van der Waals surface area contributed by atoms with Crippen LogP contribution in [-0.4, -0.2) is 16.8 Å². The van der Waals surface area contributed by atoms with Gasteiger partial charge in [0.2, 0.25) is 0 Å². The minimum atomic E-state index is 0.684. The number of nitrogens with two attached hydrogens (primary N) is 1. The Labute approximate surface area is 95.1 Å². The van der Waals surface area contributed by atoms with E-state index >= 15 is 0 Å². The molecule has 3 N–H and O–H groups in total. The average molecular weight is 216 g/mol. The van der Waals surface area contributed by atoms with E-state index in [1.807, 2.05) is 36.9 Å². The van der Waals surface area contributed by atoms with Crippen molar-refractivity contribution in [1.82, 2.24) is 9.78 Å². The molecule has 4 nitrogen and oxygen atoms in total. The summed E-state index contributed by atoms with van der Waals surface area (Å²) in [6, 6.07) is 10.2. The van der Waals surface area contributed by atoms with Crippen molar-refractivity contribution in [2.75, 3.05) is 18.1 Å². The number of rotatable bonds is 3. The molecule has 0 bridgehead atoms. The van der Waals surface area contributed by atoms with Crippen LogP contribution in [0.2, 0.25) is 0 Å². The molecule has 2 rings (SSSR count). The standard InChI is InChI=1S/C12H16N4/c1-9-11(14-2)12(13)16(15-9)8-10-6-4-3-5-7-10/h3-7,14H,8,13H2,1-2H3. The van der Waals surface area contributed by atoms with Gasteiger partial charge in [-0.1, -0.05) is 30.3 Å². The van der Waals surface area contributed by atoms with Crippen LogP contribution in [0.25, 0.3) is 0 Å². The molecule has 0 atom stereocenters. The topological polar surface area (TPSA) is 55.9 Å². The molecule has 0 spiro atoms. The summed E-state index contributed by atoms with van der Waals surface area (Å²) >= 11 is 0. The van der Waals surface area contributed by atoms with Crippen LogP contribution in [0.5, 0.6) is 0 Å². The first kappa shape index (κ1) is 10.5. The number of aryl methyl sites for hydroxylation is 1. The molecule has 0 aliphatic carbocycles. The molecule has 4 heteroatoms. The second kappa shape index (κ2) is 4.26. The molecule has 0 saturated heterocycles. The van der Waals surface area contributed by atoms with Gasteiger partial charge >= 0.3 is 0 Å². The van der Waals surface area contributed by atoms with E-state index in [2.05, 4.69) is 22.5 Å². The van der Waals surface area contributed by atoms with Gasteiger partial charge in [0.15, 0.2) is 0 Å². The van der Waals surface area contributed by atoms with Crippen LogP contribution in [-0.2, 0) is 6.54 Å². The molecule has 1 aromatic carbocycles. The lowest BCUT2D eigenvalue weighted by atomic mass is 10.2. The molecule has 0 aliphatic rings. The van der Waals surface area contributed by atoms with Gasteiger partial charge in [0.05, 0.1) is 17.9 Å². The van der Waals surface area contributed by atoms with Gasteiger partial charge < -0.3 is 11.1 Å². The second-order valence-corrected chi connectivity index (χ2v) is 3.74. The van der Waals surface area contributed by atoms with Crippen molar-refractivity contribution >= 4 is 11.5 Å². The highest BCUT2D eigenvalue weighted by molar-refractivity contribution is 5.65. The Balaban J connectivity index is 2.29. The third-order valence-corrected chi connectivity index (χ3v) is 2.59. The van der Waals surface area contributed by atoms with Gasteiger partial charge in [-0.3, -0.25) is 0 Å². The second-order valence-electron chi connectivity index (χ2n) is 3.74. The number of nitrogen functional groups attached to an aromatic ring is 1. The molecule has 0 saturated carbocycles. The zero-order valence-electron chi connectivity index (χ0n) is 9.57. The van der Waals surface area contributed by atoms with Crippen molar-refractivity contribution in [2.24, 2.45) is 0 Å². The summed E-state index contributed by atoms with van der Waals surface area (Å²) < 4.78 is 1.82. The zero-order valence-corrected chi connectivity index (χ0v) is 9.57. The first-order valence-electron chi connectivity index (χ1n) is 5.27. The van der Waals surface area contributed by atoms with E-state index in [1.165, 1.54) is 5.56 Å². The number of hydrogen-bond acceptors (Lipinski definition) is 3. The summed E-state index contributed by atoms with van der Waals surface area (Å²) in [5, 5.41) is 7.47. The summed E-state index contributed by atoms with van der Waals surface area (Å²) in [5.41, 5.74) is 9.03. The molecular formula is C12H16N4. The minimum absolute atomic E-state index is 0.684. The molecule has 0 radical (unpaired) electrons. The molecular weight excluding hydrogens is 200 g/mol. The van der Waals surface area contributed by atoms with Crippen LogP contribution in [0, 0.1) is 6.92 Å². The fourth-order valence-corrected chi connectivity index (χ4v) is 1.79. The van der Waals surface area contributed by atoms with E-state index in [1.54, 1.807) is 0 Å². The van der Waals surface area contributed by atoms with Crippen molar-refractivity contribution in [3.63, 3.8) is 0 Å². The van der Waals surface area contributed by atoms with E-state index in [-0.39, 0.29) is 0 Å². The first-order chi connectivity index (χ1) is 7.72. The highest BCUT2D eigenvalue weighted by Crippen LogP contribution is 2.22. The Morgan fingerprint density at radius 3 is 2.56 bits per heavy atom. The largest absolute Gasteiger partial charge is 0.384 e. The van der Waals surface area contributed by atoms with Gasteiger partial charge in [0.1, 0.15) is 5.82 Å². The lowest BCUT2D eigenvalue weighted by Crippen LogP contribution is -2.06. The predicted octanol–water partition coefficient (Wildman–Crippen LogP) is 1.86. The van der Waals surface area contributed by atoms with E-state index in [9.17, 15) is 0 Å². The third kappa shape index (κ3) is 1.86. The molecule has 0 amide bonds. The molecule has 84 valence electrons. The molecule has 0 fully saturated rings. The Morgan fingerprint density at radius 2 is 2.00 bits per heavy atom. The van der Waals surface area contributed by atoms with Crippen LogP contribution in [0.4, 0.5) is 11.5 Å². The SMILES string of the molecule is CNc1c(C)nn(Cc2ccccc2)c1N. The van der Waals surface area contributed by atoms with Crippen LogP contribution in [0.1, 0.15) is 11.3 Å². The van der Waals surface area contributed by atoms with E-state index in [0.29, 0.717) is 12.4 Å². The Morgan fingerprint density at radius 1 is 1.31 bits per heavy atom. The van der Waals surface area contributed by atoms with Crippen LogP contribution in [0.3, 0.4) is 0 Å². The number of hydrogen-bond donors (Lipinski definition) is 2. The van der Waals surface area contributed by atoms with Crippen LogP contribution in [0.15, 0.2) is 30.3 Å². The lowest BCUT2D eigenvalue weighted by molar-refractivity contribution is 0.689. The number of nitrogens with one attached hydrogen (secondary N) is 1. The highest BCUT2D eigenvalue weighted by atomic mass is 15.3. The Hall–Kier alpha value is -1.97. The molecule has 0 unspecified atom stereocenters. The van der Waals surface area contributed by atoms with Crippen molar-refractivity contribution in [2.45, 2.75) is 13.5 Å². The van der Waals surface area contributed by atoms with E-state index in [0.717, 1.165) is 11.4 Å². The zero-order chi connectivity index (χ0) is 11.5. The van der Waals surface area contributed by atoms with Crippen molar-refractivity contribution in [3.8, 4) is 0 Å². The van der Waals surface area contributed by atoms with Crippen LogP contribution >= 0.6 is 0 Å². The van der Waals surface area contributed by atoms with E-state index < -0.39 is 0 Å². The van der Waals surface area contributed by atoms with Gasteiger partial charge in [0.25, 0.3) is 0 Å². The smallest absolute Gasteiger partial charge is 0.145 e. The fraction of sp³-hybridized carbons (Fsp3) is 0.250. The monoisotopic (exact) mass is 216 g/mol. The number of aromatic nitrogens is 2. The summed E-state index contributed by atoms with van der Waals surface area (Å²) in [5.74, 6) is 0.684. The van der Waals surface area contributed by atoms with E-state index in [4.69, 9.17) is 5.73 Å². The lowest BCUT2D eigenvalue weighted by Gasteiger charge is -2.04. The normalized spacial score (nSPS) is 10.4. The summed E-state index contributed by atoms with van der Waals surface area (Å²) in [6.45, 7) is 2.65. The number of nitrogens with zero attached hydrogens (tertiary/aromatic N) is 2. The predicted molar refractivity (Wildman–Crippen MR) is 66.5 cm³/mol. The number of anilines is 2. The van der Waals surface area contributed by atoms with Gasteiger partial charge in [0, 0.05) is 7.05 Å². The van der Waals surface area contributed by atoms with Gasteiger partial charge in [-0.05, 0) is 12.5 Å². The fourth-order valence-electron chi connectivity index (χ4n) is 1.79. The molecule has 1 aromatic heterocycles. The minimum Gasteiger partial charge on any atom is -0.384 e. The molecule has 1 heterocycles. The summed E-state index contributed by atoms with van der Waals surface area (Å²) in [6.07, 6.45) is 0. The molecule has 2 aromatic rings. The van der Waals surface area contributed by atoms with Crippen LogP contribution < -0.4 is 11.1 Å². The first-order valence-corrected chi connectivity index (χ1v) is 5.27. The van der Waals surface area contributed by atoms with Crippen molar-refractivity contribution in [3.05, 3.63) is 41.6 Å². The maximum Gasteiger partial charge on any atom is 0.145 e. The quantitative estimate of drug-likeness (QED) is 0.823. The van der Waals surface area contributed by atoms with Crippen molar-refractivity contribution in [1.29, 1.82) is 0 Å². The summed E-state index contributed by atoms with van der Waals surface area (Å²) in [7, 11) is 1.85. The maximum absolute atomic E-state index is 6.00. The van der Waals surface area contributed by atoms with Crippen molar-refractivity contribution < 1.29 is 0 Å². The Bertz CT molecular complexity index is 473. The van der Waals surface area contributed by atoms with Gasteiger partial charge in [-0.2, -0.15) is 5.10 Å². The summed E-state index contributed by atoms with van der Waals surface area (Å²) in [4.78, 5) is 0. The number of benzene rings is 1. The third-order valence-electron chi connectivity index (χ3n) is 2.59.